The van der Waals surface area contributed by atoms with Crippen molar-refractivity contribution >= 4 is 21.4 Å². The van der Waals surface area contributed by atoms with Crippen molar-refractivity contribution in [3.63, 3.8) is 0 Å². The van der Waals surface area contributed by atoms with Gasteiger partial charge in [0, 0.05) is 17.3 Å². The van der Waals surface area contributed by atoms with Gasteiger partial charge in [-0.05, 0) is 30.5 Å². The van der Waals surface area contributed by atoms with Crippen LogP contribution in [-0.4, -0.2) is 20.7 Å². The highest BCUT2D eigenvalue weighted by molar-refractivity contribution is 7.90. The number of sulfone groups is 1. The molecular weight excluding hydrogens is 246 g/mol. The van der Waals surface area contributed by atoms with Crippen LogP contribution in [0, 0.1) is 0 Å². The number of halogens is 1. The lowest BCUT2D eigenvalue weighted by molar-refractivity contribution is 0.601. The Morgan fingerprint density at radius 1 is 1.44 bits per heavy atom. The lowest BCUT2D eigenvalue weighted by Crippen LogP contribution is -2.21. The van der Waals surface area contributed by atoms with Gasteiger partial charge in [0.15, 0.2) is 9.84 Å². The highest BCUT2D eigenvalue weighted by Gasteiger charge is 2.11. The maximum absolute atomic E-state index is 11.3. The molecule has 0 saturated carbocycles. The second kappa shape index (κ2) is 5.17. The molecule has 0 aliphatic carbocycles. The SMILES string of the molecule is CCC(N)Cc1ccc(S(C)(=O)=O)cc1Cl. The predicted octanol–water partition coefficient (Wildman–Crippen LogP) is 2.02. The first kappa shape index (κ1) is 13.5. The van der Waals surface area contributed by atoms with Gasteiger partial charge in [0.1, 0.15) is 0 Å². The van der Waals surface area contributed by atoms with Crippen LogP contribution in [0.2, 0.25) is 5.02 Å². The van der Waals surface area contributed by atoms with Gasteiger partial charge in [0.25, 0.3) is 0 Å². The summed E-state index contributed by atoms with van der Waals surface area (Å²) in [7, 11) is -3.19. The Hall–Kier alpha value is -0.580. The highest BCUT2D eigenvalue weighted by atomic mass is 35.5. The van der Waals surface area contributed by atoms with Gasteiger partial charge >= 0.3 is 0 Å². The third kappa shape index (κ3) is 3.47. The fraction of sp³-hybridized carbons (Fsp3) is 0.455. The van der Waals surface area contributed by atoms with E-state index < -0.39 is 9.84 Å². The summed E-state index contributed by atoms with van der Waals surface area (Å²) in [4.78, 5) is 0.242. The van der Waals surface area contributed by atoms with Gasteiger partial charge in [-0.25, -0.2) is 8.42 Å². The Bertz CT molecular complexity index is 471. The lowest BCUT2D eigenvalue weighted by atomic mass is 10.1. The quantitative estimate of drug-likeness (QED) is 0.902. The zero-order valence-electron chi connectivity index (χ0n) is 9.40. The van der Waals surface area contributed by atoms with Crippen molar-refractivity contribution in [1.82, 2.24) is 0 Å². The van der Waals surface area contributed by atoms with Gasteiger partial charge in [-0.2, -0.15) is 0 Å². The molecule has 0 aromatic heterocycles. The topological polar surface area (TPSA) is 60.2 Å². The first-order valence-corrected chi connectivity index (χ1v) is 7.35. The number of hydrogen-bond acceptors (Lipinski definition) is 3. The number of nitrogens with two attached hydrogens (primary N) is 1. The molecule has 1 atom stereocenters. The molecule has 1 aromatic carbocycles. The number of benzene rings is 1. The summed E-state index contributed by atoms with van der Waals surface area (Å²) in [5.74, 6) is 0. The van der Waals surface area contributed by atoms with Crippen LogP contribution in [-0.2, 0) is 16.3 Å². The molecule has 3 nitrogen and oxygen atoms in total. The van der Waals surface area contributed by atoms with E-state index in [1.165, 1.54) is 6.07 Å². The first-order chi connectivity index (χ1) is 7.34. The molecule has 0 spiro atoms. The van der Waals surface area contributed by atoms with Crippen LogP contribution in [0.3, 0.4) is 0 Å². The normalized spacial score (nSPS) is 13.8. The van der Waals surface area contributed by atoms with Crippen molar-refractivity contribution in [3.8, 4) is 0 Å². The Morgan fingerprint density at radius 2 is 2.06 bits per heavy atom. The Balaban J connectivity index is 3.01. The van der Waals surface area contributed by atoms with E-state index in [0.717, 1.165) is 18.2 Å². The molecule has 2 N–H and O–H groups in total. The second-order valence-electron chi connectivity index (χ2n) is 3.90. The van der Waals surface area contributed by atoms with Crippen LogP contribution in [0.1, 0.15) is 18.9 Å². The van der Waals surface area contributed by atoms with Gasteiger partial charge in [0.2, 0.25) is 0 Å². The van der Waals surface area contributed by atoms with E-state index >= 15 is 0 Å². The zero-order chi connectivity index (χ0) is 12.3. The van der Waals surface area contributed by atoms with Gasteiger partial charge in [0.05, 0.1) is 4.90 Å². The van der Waals surface area contributed by atoms with Gasteiger partial charge in [-0.1, -0.05) is 24.6 Å². The maximum atomic E-state index is 11.3. The van der Waals surface area contributed by atoms with Crippen molar-refractivity contribution in [2.24, 2.45) is 5.73 Å². The van der Waals surface area contributed by atoms with Crippen LogP contribution < -0.4 is 5.73 Å². The molecule has 1 aromatic rings. The Morgan fingerprint density at radius 3 is 2.50 bits per heavy atom. The molecule has 0 fully saturated rings. The molecule has 1 unspecified atom stereocenters. The average molecular weight is 262 g/mol. The summed E-state index contributed by atoms with van der Waals surface area (Å²) in [5.41, 5.74) is 6.71. The molecule has 90 valence electrons. The number of rotatable bonds is 4. The summed E-state index contributed by atoms with van der Waals surface area (Å²) >= 11 is 6.02. The van der Waals surface area contributed by atoms with Gasteiger partial charge in [-0.15, -0.1) is 0 Å². The molecule has 5 heteroatoms. The smallest absolute Gasteiger partial charge is 0.175 e. The standard InChI is InChI=1S/C11H16ClNO2S/c1-3-9(13)6-8-4-5-10(7-11(8)12)16(2,14)15/h4-5,7,9H,3,6,13H2,1-2H3. The fourth-order valence-corrected chi connectivity index (χ4v) is 2.32. The minimum atomic E-state index is -3.19. The predicted molar refractivity (Wildman–Crippen MR) is 66.5 cm³/mol. The second-order valence-corrected chi connectivity index (χ2v) is 6.32. The summed E-state index contributed by atoms with van der Waals surface area (Å²) in [6, 6.07) is 4.84. The van der Waals surface area contributed by atoms with Crippen LogP contribution in [0.25, 0.3) is 0 Å². The van der Waals surface area contributed by atoms with E-state index in [1.807, 2.05) is 6.92 Å². The van der Waals surface area contributed by atoms with Crippen LogP contribution in [0.4, 0.5) is 0 Å². The first-order valence-electron chi connectivity index (χ1n) is 5.08. The summed E-state index contributed by atoms with van der Waals surface area (Å²) < 4.78 is 22.6. The third-order valence-corrected chi connectivity index (χ3v) is 3.92. The summed E-state index contributed by atoms with van der Waals surface area (Å²) in [6.45, 7) is 2.00. The molecule has 0 bridgehead atoms. The molecule has 1 rings (SSSR count). The van der Waals surface area contributed by atoms with E-state index in [2.05, 4.69) is 0 Å². The molecule has 0 aliphatic heterocycles. The number of hydrogen-bond donors (Lipinski definition) is 1. The molecule has 0 saturated heterocycles. The lowest BCUT2D eigenvalue weighted by Gasteiger charge is -2.10. The van der Waals surface area contributed by atoms with Crippen molar-refractivity contribution in [1.29, 1.82) is 0 Å². The monoisotopic (exact) mass is 261 g/mol. The summed E-state index contributed by atoms with van der Waals surface area (Å²) in [6.07, 6.45) is 2.69. The van der Waals surface area contributed by atoms with E-state index in [1.54, 1.807) is 12.1 Å². The molecular formula is C11H16ClNO2S. The third-order valence-electron chi connectivity index (χ3n) is 2.46. The van der Waals surface area contributed by atoms with E-state index in [9.17, 15) is 8.42 Å². The molecule has 16 heavy (non-hydrogen) atoms. The van der Waals surface area contributed by atoms with E-state index in [4.69, 9.17) is 17.3 Å². The van der Waals surface area contributed by atoms with Crippen molar-refractivity contribution in [3.05, 3.63) is 28.8 Å². The maximum Gasteiger partial charge on any atom is 0.175 e. The Kier molecular flexibility index (Phi) is 4.35. The molecule has 0 heterocycles. The van der Waals surface area contributed by atoms with Crippen molar-refractivity contribution in [2.75, 3.05) is 6.26 Å². The van der Waals surface area contributed by atoms with Crippen molar-refractivity contribution < 1.29 is 8.42 Å². The summed E-state index contributed by atoms with van der Waals surface area (Å²) in [5, 5.41) is 0.465. The fourth-order valence-electron chi connectivity index (χ4n) is 1.35. The molecule has 0 amide bonds. The average Bonchev–Trinajstić information content (AvgIpc) is 2.19. The zero-order valence-corrected chi connectivity index (χ0v) is 11.0. The van der Waals surface area contributed by atoms with Crippen LogP contribution in [0.5, 0.6) is 0 Å². The van der Waals surface area contributed by atoms with Gasteiger partial charge in [-0.3, -0.25) is 0 Å². The minimum Gasteiger partial charge on any atom is -0.327 e. The largest absolute Gasteiger partial charge is 0.327 e. The molecule has 0 radical (unpaired) electrons. The highest BCUT2D eigenvalue weighted by Crippen LogP contribution is 2.22. The Labute approximate surface area is 102 Å². The van der Waals surface area contributed by atoms with Crippen molar-refractivity contribution in [2.45, 2.75) is 30.7 Å². The minimum absolute atomic E-state index is 0.0570. The van der Waals surface area contributed by atoms with Crippen LogP contribution >= 0.6 is 11.6 Å². The van der Waals surface area contributed by atoms with E-state index in [-0.39, 0.29) is 10.9 Å². The van der Waals surface area contributed by atoms with Crippen LogP contribution in [0.15, 0.2) is 23.1 Å². The van der Waals surface area contributed by atoms with E-state index in [0.29, 0.717) is 11.4 Å². The molecule has 0 aliphatic rings. The van der Waals surface area contributed by atoms with Gasteiger partial charge < -0.3 is 5.73 Å².